The van der Waals surface area contributed by atoms with E-state index in [1.165, 1.54) is 12.2 Å². The molecule has 3 rings (SSSR count). The molecule has 140 valence electrons. The first-order valence-electron chi connectivity index (χ1n) is 8.19. The van der Waals surface area contributed by atoms with E-state index in [-0.39, 0.29) is 23.7 Å². The molecule has 0 N–H and O–H groups in total. The van der Waals surface area contributed by atoms with Crippen LogP contribution in [0.15, 0.2) is 28.8 Å². The van der Waals surface area contributed by atoms with Crippen molar-refractivity contribution < 1.29 is 27.3 Å². The largest absolute Gasteiger partial charge is 0.471 e. The van der Waals surface area contributed by atoms with Gasteiger partial charge in [-0.25, -0.2) is 5.06 Å². The summed E-state index contributed by atoms with van der Waals surface area (Å²) in [6, 6.07) is 6.22. The fraction of sp³-hybridized carbons (Fsp3) is 0.471. The molecule has 9 heteroatoms. The molecule has 0 bridgehead atoms. The number of hydrogen-bond acceptors (Lipinski definition) is 5. The number of amides is 1. The SMILES string of the molecule is CON(C(=O)C1CCC1)C(C)c1ccc(-c2noc(C(F)(F)F)n2)cc1. The molecule has 1 heterocycles. The van der Waals surface area contributed by atoms with Crippen LogP contribution < -0.4 is 0 Å². The maximum Gasteiger partial charge on any atom is 0.471 e. The van der Waals surface area contributed by atoms with Gasteiger partial charge in [0.15, 0.2) is 0 Å². The van der Waals surface area contributed by atoms with Crippen LogP contribution in [0.4, 0.5) is 13.2 Å². The molecule has 0 spiro atoms. The summed E-state index contributed by atoms with van der Waals surface area (Å²) in [5.74, 6) is -1.59. The number of aromatic nitrogens is 2. The van der Waals surface area contributed by atoms with E-state index in [1.807, 2.05) is 6.92 Å². The molecule has 1 aromatic carbocycles. The van der Waals surface area contributed by atoms with E-state index in [0.29, 0.717) is 5.56 Å². The van der Waals surface area contributed by atoms with Crippen LogP contribution in [0.5, 0.6) is 0 Å². The quantitative estimate of drug-likeness (QED) is 0.745. The van der Waals surface area contributed by atoms with E-state index in [9.17, 15) is 18.0 Å². The fourth-order valence-corrected chi connectivity index (χ4v) is 2.78. The summed E-state index contributed by atoms with van der Waals surface area (Å²) in [6.07, 6.45) is -1.91. The monoisotopic (exact) mass is 369 g/mol. The highest BCUT2D eigenvalue weighted by Crippen LogP contribution is 2.33. The van der Waals surface area contributed by atoms with Crippen molar-refractivity contribution in [2.24, 2.45) is 5.92 Å². The maximum absolute atomic E-state index is 12.5. The van der Waals surface area contributed by atoms with Crippen molar-refractivity contribution in [3.8, 4) is 11.4 Å². The summed E-state index contributed by atoms with van der Waals surface area (Å²) in [7, 11) is 1.44. The van der Waals surface area contributed by atoms with Crippen molar-refractivity contribution in [1.82, 2.24) is 15.2 Å². The maximum atomic E-state index is 12.5. The minimum absolute atomic E-state index is 0.00297. The number of carbonyl (C=O) groups excluding carboxylic acids is 1. The molecule has 1 fully saturated rings. The van der Waals surface area contributed by atoms with Gasteiger partial charge in [-0.2, -0.15) is 18.2 Å². The molecule has 1 atom stereocenters. The highest BCUT2D eigenvalue weighted by atomic mass is 19.4. The molecular weight excluding hydrogens is 351 g/mol. The van der Waals surface area contributed by atoms with Gasteiger partial charge in [0.2, 0.25) is 11.7 Å². The average molecular weight is 369 g/mol. The highest BCUT2D eigenvalue weighted by Gasteiger charge is 2.38. The normalized spacial score (nSPS) is 16.2. The van der Waals surface area contributed by atoms with Gasteiger partial charge in [-0.1, -0.05) is 35.8 Å². The number of alkyl halides is 3. The third-order valence-electron chi connectivity index (χ3n) is 4.54. The topological polar surface area (TPSA) is 68.5 Å². The second-order valence-corrected chi connectivity index (χ2v) is 6.19. The summed E-state index contributed by atoms with van der Waals surface area (Å²) in [6.45, 7) is 1.82. The Bertz CT molecular complexity index is 770. The lowest BCUT2D eigenvalue weighted by Gasteiger charge is -2.33. The van der Waals surface area contributed by atoms with Gasteiger partial charge < -0.3 is 4.52 Å². The van der Waals surface area contributed by atoms with Gasteiger partial charge in [0.1, 0.15) is 0 Å². The molecular formula is C17H18F3N3O3. The summed E-state index contributed by atoms with van der Waals surface area (Å²) < 4.78 is 41.9. The van der Waals surface area contributed by atoms with Gasteiger partial charge in [-0.15, -0.1) is 0 Å². The van der Waals surface area contributed by atoms with Crippen molar-refractivity contribution >= 4 is 5.91 Å². The number of rotatable bonds is 5. The molecule has 26 heavy (non-hydrogen) atoms. The van der Waals surface area contributed by atoms with Crippen LogP contribution in [0.25, 0.3) is 11.4 Å². The zero-order valence-electron chi connectivity index (χ0n) is 14.3. The predicted octanol–water partition coefficient (Wildman–Crippen LogP) is 4.01. The van der Waals surface area contributed by atoms with E-state index < -0.39 is 12.1 Å². The summed E-state index contributed by atoms with van der Waals surface area (Å²) >= 11 is 0. The number of benzene rings is 1. The van der Waals surface area contributed by atoms with Crippen LogP contribution >= 0.6 is 0 Å². The first kappa shape index (κ1) is 18.4. The number of halogens is 3. The minimum atomic E-state index is -4.68. The Morgan fingerprint density at radius 1 is 1.31 bits per heavy atom. The number of hydroxylamine groups is 2. The lowest BCUT2D eigenvalue weighted by Crippen LogP contribution is -2.39. The molecule has 0 saturated heterocycles. The van der Waals surface area contributed by atoms with Crippen molar-refractivity contribution in [2.45, 2.75) is 38.4 Å². The summed E-state index contributed by atoms with van der Waals surface area (Å²) in [5.41, 5.74) is 1.16. The van der Waals surface area contributed by atoms with Gasteiger partial charge in [-0.05, 0) is 25.3 Å². The van der Waals surface area contributed by atoms with Gasteiger partial charge in [0, 0.05) is 11.5 Å². The van der Waals surface area contributed by atoms with Crippen LogP contribution in [0.2, 0.25) is 0 Å². The smallest absolute Gasteiger partial charge is 0.329 e. The standard InChI is InChI=1S/C17H18F3N3O3/c1-10(23(25-2)15(24)13-4-3-5-13)11-6-8-12(9-7-11)14-21-16(26-22-14)17(18,19)20/h6-10,13H,3-5H2,1-2H3. The number of nitrogens with zero attached hydrogens (tertiary/aromatic N) is 3. The molecule has 2 aromatic rings. The Morgan fingerprint density at radius 3 is 2.42 bits per heavy atom. The van der Waals surface area contributed by atoms with Crippen LogP contribution in [0, 0.1) is 5.92 Å². The molecule has 0 radical (unpaired) electrons. The second-order valence-electron chi connectivity index (χ2n) is 6.19. The van der Waals surface area contributed by atoms with E-state index in [4.69, 9.17) is 4.84 Å². The van der Waals surface area contributed by atoms with Crippen LogP contribution in [0.1, 0.15) is 43.7 Å². The van der Waals surface area contributed by atoms with Crippen molar-refractivity contribution in [3.05, 3.63) is 35.7 Å². The Hall–Kier alpha value is -2.42. The summed E-state index contributed by atoms with van der Waals surface area (Å²) in [5, 5.41) is 4.70. The Labute approximate surface area is 147 Å². The Kier molecular flexibility index (Phi) is 4.99. The number of carbonyl (C=O) groups is 1. The second kappa shape index (κ2) is 7.06. The number of hydrogen-bond donors (Lipinski definition) is 0. The zero-order chi connectivity index (χ0) is 18.9. The van der Waals surface area contributed by atoms with Crippen molar-refractivity contribution in [3.63, 3.8) is 0 Å². The average Bonchev–Trinajstić information content (AvgIpc) is 3.04. The van der Waals surface area contributed by atoms with E-state index in [1.54, 1.807) is 24.3 Å². The molecule has 1 aromatic heterocycles. The molecule has 1 saturated carbocycles. The van der Waals surface area contributed by atoms with Gasteiger partial charge in [0.25, 0.3) is 0 Å². The van der Waals surface area contributed by atoms with Crippen LogP contribution in [0.3, 0.4) is 0 Å². The minimum Gasteiger partial charge on any atom is -0.329 e. The zero-order valence-corrected chi connectivity index (χ0v) is 14.3. The van der Waals surface area contributed by atoms with Crippen molar-refractivity contribution in [1.29, 1.82) is 0 Å². The van der Waals surface area contributed by atoms with Crippen LogP contribution in [-0.2, 0) is 15.8 Å². The first-order valence-corrected chi connectivity index (χ1v) is 8.19. The lowest BCUT2D eigenvalue weighted by molar-refractivity contribution is -0.195. The molecule has 1 unspecified atom stereocenters. The lowest BCUT2D eigenvalue weighted by atomic mass is 9.84. The molecule has 0 aliphatic heterocycles. The van der Waals surface area contributed by atoms with E-state index in [2.05, 4.69) is 14.7 Å². The molecule has 1 aliphatic rings. The van der Waals surface area contributed by atoms with Crippen LogP contribution in [-0.4, -0.2) is 28.2 Å². The fourth-order valence-electron chi connectivity index (χ4n) is 2.78. The summed E-state index contributed by atoms with van der Waals surface area (Å²) in [4.78, 5) is 21.0. The molecule has 1 aliphatic carbocycles. The first-order chi connectivity index (χ1) is 12.3. The van der Waals surface area contributed by atoms with Gasteiger partial charge >= 0.3 is 12.1 Å². The third-order valence-corrected chi connectivity index (χ3v) is 4.54. The molecule has 6 nitrogen and oxygen atoms in total. The van der Waals surface area contributed by atoms with E-state index >= 15 is 0 Å². The van der Waals surface area contributed by atoms with Gasteiger partial charge in [0.05, 0.1) is 13.2 Å². The Morgan fingerprint density at radius 2 is 1.96 bits per heavy atom. The predicted molar refractivity (Wildman–Crippen MR) is 84.3 cm³/mol. The highest BCUT2D eigenvalue weighted by molar-refractivity contribution is 5.79. The Balaban J connectivity index is 1.75. The van der Waals surface area contributed by atoms with E-state index in [0.717, 1.165) is 24.8 Å². The third kappa shape index (κ3) is 3.57. The van der Waals surface area contributed by atoms with Gasteiger partial charge in [-0.3, -0.25) is 9.63 Å². The molecule has 1 amide bonds. The van der Waals surface area contributed by atoms with Crippen molar-refractivity contribution in [2.75, 3.05) is 7.11 Å².